The lowest BCUT2D eigenvalue weighted by Crippen LogP contribution is -2.43. The summed E-state index contributed by atoms with van der Waals surface area (Å²) in [5, 5.41) is 0. The zero-order valence-corrected chi connectivity index (χ0v) is 17.9. The molecule has 0 aliphatic carbocycles. The molecule has 0 saturated heterocycles. The molecular formula is C24H32N2O3. The minimum atomic E-state index is -0.520. The molecule has 0 aromatic heterocycles. The highest BCUT2D eigenvalue weighted by atomic mass is 16.6. The molecule has 5 nitrogen and oxygen atoms in total. The molecule has 1 aliphatic heterocycles. The van der Waals surface area contributed by atoms with E-state index in [2.05, 4.69) is 13.0 Å². The number of para-hydroxylation sites is 1. The molecule has 5 heteroatoms. The van der Waals surface area contributed by atoms with Gasteiger partial charge in [-0.15, -0.1) is 0 Å². The van der Waals surface area contributed by atoms with Crippen LogP contribution in [0.4, 0.5) is 10.5 Å². The van der Waals surface area contributed by atoms with Gasteiger partial charge < -0.3 is 15.2 Å². The third-order valence-corrected chi connectivity index (χ3v) is 5.18. The van der Waals surface area contributed by atoms with Crippen molar-refractivity contribution in [1.29, 1.82) is 0 Å². The number of carbonyl (C=O) groups excluding carboxylic acids is 1. The van der Waals surface area contributed by atoms with Gasteiger partial charge in [0.1, 0.15) is 11.4 Å². The number of carbonyl (C=O) groups is 1. The molecule has 0 bridgehead atoms. The van der Waals surface area contributed by atoms with E-state index in [1.807, 2.05) is 57.2 Å². The molecule has 0 spiro atoms. The predicted molar refractivity (Wildman–Crippen MR) is 116 cm³/mol. The highest BCUT2D eigenvalue weighted by Gasteiger charge is 2.31. The summed E-state index contributed by atoms with van der Waals surface area (Å²) in [6, 6.07) is 14.1. The maximum Gasteiger partial charge on any atom is 0.414 e. The van der Waals surface area contributed by atoms with Crippen LogP contribution < -0.4 is 15.4 Å². The van der Waals surface area contributed by atoms with Crippen LogP contribution in [0.1, 0.15) is 43.9 Å². The van der Waals surface area contributed by atoms with E-state index in [1.54, 1.807) is 4.90 Å². The van der Waals surface area contributed by atoms with Gasteiger partial charge in [0.25, 0.3) is 0 Å². The third-order valence-electron chi connectivity index (χ3n) is 5.18. The molecule has 1 aliphatic rings. The number of aryl methyl sites for hydroxylation is 1. The molecule has 0 saturated carbocycles. The van der Waals surface area contributed by atoms with Gasteiger partial charge in [-0.3, -0.25) is 4.90 Å². The standard InChI is InChI=1S/C24H32N2O3/c1-17-9-10-21(14-20(17)15-25)28-12-11-18-13-19-7-5-6-8-22(19)26(16-18)23(27)29-24(2,3)4/h5-10,14,18H,11-13,15-16,25H2,1-4H3. The van der Waals surface area contributed by atoms with E-state index in [0.29, 0.717) is 25.6 Å². The summed E-state index contributed by atoms with van der Waals surface area (Å²) in [6.45, 7) is 9.47. The van der Waals surface area contributed by atoms with Crippen molar-refractivity contribution < 1.29 is 14.3 Å². The van der Waals surface area contributed by atoms with Crippen molar-refractivity contribution in [3.05, 3.63) is 59.2 Å². The van der Waals surface area contributed by atoms with E-state index < -0.39 is 5.60 Å². The molecular weight excluding hydrogens is 364 g/mol. The van der Waals surface area contributed by atoms with E-state index in [0.717, 1.165) is 29.8 Å². The molecule has 1 heterocycles. The fourth-order valence-electron chi connectivity index (χ4n) is 3.66. The van der Waals surface area contributed by atoms with Crippen LogP contribution in [-0.2, 0) is 17.7 Å². The Balaban J connectivity index is 1.66. The van der Waals surface area contributed by atoms with Crippen LogP contribution in [0.3, 0.4) is 0 Å². The zero-order chi connectivity index (χ0) is 21.0. The number of amides is 1. The first-order valence-electron chi connectivity index (χ1n) is 10.3. The Labute approximate surface area is 173 Å². The average molecular weight is 397 g/mol. The summed E-state index contributed by atoms with van der Waals surface area (Å²) in [4.78, 5) is 14.6. The summed E-state index contributed by atoms with van der Waals surface area (Å²) in [5.74, 6) is 1.16. The van der Waals surface area contributed by atoms with E-state index in [9.17, 15) is 4.79 Å². The van der Waals surface area contributed by atoms with Gasteiger partial charge in [-0.05, 0) is 81.3 Å². The molecule has 29 heavy (non-hydrogen) atoms. The molecule has 0 radical (unpaired) electrons. The Hall–Kier alpha value is -2.53. The Bertz CT molecular complexity index is 857. The molecule has 2 N–H and O–H groups in total. The van der Waals surface area contributed by atoms with Crippen LogP contribution in [0.25, 0.3) is 0 Å². The van der Waals surface area contributed by atoms with Crippen LogP contribution >= 0.6 is 0 Å². The summed E-state index contributed by atoms with van der Waals surface area (Å²) in [7, 11) is 0. The summed E-state index contributed by atoms with van der Waals surface area (Å²) < 4.78 is 11.6. The number of nitrogens with two attached hydrogens (primary N) is 1. The van der Waals surface area contributed by atoms with Crippen LogP contribution in [0.2, 0.25) is 0 Å². The number of ether oxygens (including phenoxy) is 2. The summed E-state index contributed by atoms with van der Waals surface area (Å²) >= 11 is 0. The van der Waals surface area contributed by atoms with Gasteiger partial charge in [-0.1, -0.05) is 24.3 Å². The number of benzene rings is 2. The minimum Gasteiger partial charge on any atom is -0.494 e. The minimum absolute atomic E-state index is 0.290. The first-order chi connectivity index (χ1) is 13.8. The number of rotatable bonds is 5. The van der Waals surface area contributed by atoms with E-state index >= 15 is 0 Å². The summed E-state index contributed by atoms with van der Waals surface area (Å²) in [6.07, 6.45) is 1.50. The number of hydrogen-bond donors (Lipinski definition) is 1. The molecule has 1 unspecified atom stereocenters. The van der Waals surface area contributed by atoms with E-state index in [-0.39, 0.29) is 6.09 Å². The Morgan fingerprint density at radius 1 is 1.21 bits per heavy atom. The van der Waals surface area contributed by atoms with Gasteiger partial charge in [-0.2, -0.15) is 0 Å². The maximum atomic E-state index is 12.8. The molecule has 2 aromatic rings. The van der Waals surface area contributed by atoms with Gasteiger partial charge in [0.05, 0.1) is 12.3 Å². The van der Waals surface area contributed by atoms with Crippen molar-refractivity contribution in [2.75, 3.05) is 18.1 Å². The molecule has 1 atom stereocenters. The molecule has 1 amide bonds. The molecule has 3 rings (SSSR count). The monoisotopic (exact) mass is 396 g/mol. The largest absolute Gasteiger partial charge is 0.494 e. The quantitative estimate of drug-likeness (QED) is 0.786. The second-order valence-electron chi connectivity index (χ2n) is 8.72. The Morgan fingerprint density at radius 3 is 2.69 bits per heavy atom. The maximum absolute atomic E-state index is 12.8. The van der Waals surface area contributed by atoms with Gasteiger partial charge >= 0.3 is 6.09 Å². The SMILES string of the molecule is Cc1ccc(OCCC2Cc3ccccc3N(C(=O)OC(C)(C)C)C2)cc1CN. The zero-order valence-electron chi connectivity index (χ0n) is 17.9. The first kappa shape index (κ1) is 21.2. The Kier molecular flexibility index (Phi) is 6.48. The summed E-state index contributed by atoms with van der Waals surface area (Å²) in [5.41, 5.74) is 9.68. The fourth-order valence-corrected chi connectivity index (χ4v) is 3.66. The molecule has 0 fully saturated rings. The van der Waals surface area contributed by atoms with Crippen molar-refractivity contribution in [2.45, 2.75) is 52.7 Å². The highest BCUT2D eigenvalue weighted by molar-refractivity contribution is 5.89. The fraction of sp³-hybridized carbons (Fsp3) is 0.458. The van der Waals surface area contributed by atoms with Crippen molar-refractivity contribution >= 4 is 11.8 Å². The number of fused-ring (bicyclic) bond motifs is 1. The van der Waals surface area contributed by atoms with Crippen LogP contribution in [0.15, 0.2) is 42.5 Å². The predicted octanol–water partition coefficient (Wildman–Crippen LogP) is 4.84. The van der Waals surface area contributed by atoms with Gasteiger partial charge in [0.2, 0.25) is 0 Å². The number of nitrogens with zero attached hydrogens (tertiary/aromatic N) is 1. The lowest BCUT2D eigenvalue weighted by molar-refractivity contribution is 0.0569. The van der Waals surface area contributed by atoms with Crippen LogP contribution in [0, 0.1) is 12.8 Å². The highest BCUT2D eigenvalue weighted by Crippen LogP contribution is 2.32. The Morgan fingerprint density at radius 2 is 1.97 bits per heavy atom. The van der Waals surface area contributed by atoms with Crippen molar-refractivity contribution in [1.82, 2.24) is 0 Å². The number of anilines is 1. The van der Waals surface area contributed by atoms with Gasteiger partial charge in [0.15, 0.2) is 0 Å². The van der Waals surface area contributed by atoms with E-state index in [1.165, 1.54) is 11.1 Å². The van der Waals surface area contributed by atoms with Crippen molar-refractivity contribution in [2.24, 2.45) is 11.7 Å². The van der Waals surface area contributed by atoms with Crippen molar-refractivity contribution in [3.8, 4) is 5.75 Å². The number of hydrogen-bond acceptors (Lipinski definition) is 4. The lowest BCUT2D eigenvalue weighted by Gasteiger charge is -2.35. The third kappa shape index (κ3) is 5.51. The van der Waals surface area contributed by atoms with Gasteiger partial charge in [-0.25, -0.2) is 4.79 Å². The molecule has 156 valence electrons. The van der Waals surface area contributed by atoms with E-state index in [4.69, 9.17) is 15.2 Å². The van der Waals surface area contributed by atoms with Crippen LogP contribution in [-0.4, -0.2) is 24.8 Å². The van der Waals surface area contributed by atoms with Crippen molar-refractivity contribution in [3.63, 3.8) is 0 Å². The normalized spacial score (nSPS) is 16.3. The van der Waals surface area contributed by atoms with Crippen LogP contribution in [0.5, 0.6) is 5.75 Å². The first-order valence-corrected chi connectivity index (χ1v) is 10.3. The van der Waals surface area contributed by atoms with Gasteiger partial charge in [0, 0.05) is 13.1 Å². The second-order valence-corrected chi connectivity index (χ2v) is 8.72. The topological polar surface area (TPSA) is 64.8 Å². The smallest absolute Gasteiger partial charge is 0.414 e. The average Bonchev–Trinajstić information content (AvgIpc) is 2.67. The molecule has 2 aromatic carbocycles. The lowest BCUT2D eigenvalue weighted by atomic mass is 9.90. The second kappa shape index (κ2) is 8.87.